The Hall–Kier alpha value is -2.27. The third kappa shape index (κ3) is 5.26. The van der Waals surface area contributed by atoms with E-state index in [4.69, 9.17) is 0 Å². The lowest BCUT2D eigenvalue weighted by Crippen LogP contribution is -2.19. The zero-order chi connectivity index (χ0) is 15.8. The van der Waals surface area contributed by atoms with Crippen LogP contribution in [0.3, 0.4) is 0 Å². The summed E-state index contributed by atoms with van der Waals surface area (Å²) in [6.45, 7) is 0. The molecule has 0 radical (unpaired) electrons. The summed E-state index contributed by atoms with van der Waals surface area (Å²) in [6, 6.07) is 17.8. The number of hydrazone groups is 1. The van der Waals surface area contributed by atoms with Crippen LogP contribution in [0.15, 0.2) is 64.6 Å². The topological polar surface area (TPSA) is 44.7 Å². The lowest BCUT2D eigenvalue weighted by Gasteiger charge is -2.11. The van der Waals surface area contributed by atoms with Crippen LogP contribution in [-0.4, -0.2) is 32.0 Å². The molecule has 1 amide bonds. The van der Waals surface area contributed by atoms with Gasteiger partial charge in [0.15, 0.2) is 0 Å². The molecule has 1 N–H and O–H groups in total. The van der Waals surface area contributed by atoms with Gasteiger partial charge in [-0.05, 0) is 29.8 Å². The van der Waals surface area contributed by atoms with Crippen LogP contribution in [0.2, 0.25) is 0 Å². The molecule has 22 heavy (non-hydrogen) atoms. The van der Waals surface area contributed by atoms with Gasteiger partial charge in [-0.3, -0.25) is 4.79 Å². The van der Waals surface area contributed by atoms with Crippen LogP contribution in [0.5, 0.6) is 0 Å². The molecule has 0 aliphatic carbocycles. The van der Waals surface area contributed by atoms with Gasteiger partial charge in [-0.25, -0.2) is 5.43 Å². The number of rotatable bonds is 6. The Morgan fingerprint density at radius 3 is 2.45 bits per heavy atom. The SMILES string of the molecule is CN(C)c1ccc(/C=N\NC(=O)CSc2ccccc2)cc1. The van der Waals surface area contributed by atoms with Crippen molar-refractivity contribution in [1.82, 2.24) is 5.43 Å². The van der Waals surface area contributed by atoms with Crippen molar-refractivity contribution < 1.29 is 4.79 Å². The number of anilines is 1. The Bertz CT molecular complexity index is 624. The van der Waals surface area contributed by atoms with Gasteiger partial charge in [0, 0.05) is 24.7 Å². The van der Waals surface area contributed by atoms with Gasteiger partial charge in [0.1, 0.15) is 0 Å². The molecule has 2 aromatic carbocycles. The van der Waals surface area contributed by atoms with E-state index < -0.39 is 0 Å². The first-order chi connectivity index (χ1) is 10.6. The van der Waals surface area contributed by atoms with Gasteiger partial charge < -0.3 is 4.90 Å². The fourth-order valence-electron chi connectivity index (χ4n) is 1.74. The molecule has 114 valence electrons. The highest BCUT2D eigenvalue weighted by Crippen LogP contribution is 2.16. The van der Waals surface area contributed by atoms with E-state index in [1.165, 1.54) is 11.8 Å². The van der Waals surface area contributed by atoms with Crippen LogP contribution < -0.4 is 10.3 Å². The predicted octanol–water partition coefficient (Wildman–Crippen LogP) is 3.00. The first kappa shape index (κ1) is 16.1. The maximum atomic E-state index is 11.7. The zero-order valence-corrected chi connectivity index (χ0v) is 13.5. The molecular weight excluding hydrogens is 294 g/mol. The Labute approximate surface area is 135 Å². The van der Waals surface area contributed by atoms with Crippen molar-refractivity contribution in [2.45, 2.75) is 4.90 Å². The average molecular weight is 313 g/mol. The largest absolute Gasteiger partial charge is 0.378 e. The van der Waals surface area contributed by atoms with E-state index in [0.717, 1.165) is 16.1 Å². The van der Waals surface area contributed by atoms with E-state index in [0.29, 0.717) is 5.75 Å². The van der Waals surface area contributed by atoms with Crippen LogP contribution in [0.1, 0.15) is 5.56 Å². The molecule has 0 fully saturated rings. The standard InChI is InChI=1S/C17H19N3OS/c1-20(2)15-10-8-14(9-11-15)12-18-19-17(21)13-22-16-6-4-3-5-7-16/h3-12H,13H2,1-2H3,(H,19,21)/b18-12-. The monoisotopic (exact) mass is 313 g/mol. The maximum Gasteiger partial charge on any atom is 0.250 e. The molecule has 2 rings (SSSR count). The van der Waals surface area contributed by atoms with Gasteiger partial charge in [0.25, 0.3) is 0 Å². The molecule has 0 aromatic heterocycles. The van der Waals surface area contributed by atoms with Crippen molar-refractivity contribution in [2.24, 2.45) is 5.10 Å². The quantitative estimate of drug-likeness (QED) is 0.506. The van der Waals surface area contributed by atoms with Crippen molar-refractivity contribution >= 4 is 29.6 Å². The van der Waals surface area contributed by atoms with Crippen LogP contribution in [0.4, 0.5) is 5.69 Å². The molecule has 0 atom stereocenters. The first-order valence-electron chi connectivity index (χ1n) is 6.92. The lowest BCUT2D eigenvalue weighted by molar-refractivity contribution is -0.118. The summed E-state index contributed by atoms with van der Waals surface area (Å²) in [7, 11) is 3.99. The second-order valence-corrected chi connectivity index (χ2v) is 5.93. The number of hydrogen-bond donors (Lipinski definition) is 1. The van der Waals surface area contributed by atoms with Gasteiger partial charge in [-0.2, -0.15) is 5.10 Å². The average Bonchev–Trinajstić information content (AvgIpc) is 2.54. The number of nitrogens with one attached hydrogen (secondary N) is 1. The van der Waals surface area contributed by atoms with E-state index in [-0.39, 0.29) is 5.91 Å². The number of carbonyl (C=O) groups is 1. The highest BCUT2D eigenvalue weighted by atomic mass is 32.2. The summed E-state index contributed by atoms with van der Waals surface area (Å²) in [5.74, 6) is 0.232. The molecule has 0 bridgehead atoms. The highest BCUT2D eigenvalue weighted by Gasteiger charge is 2.00. The Balaban J connectivity index is 1.78. The summed E-state index contributed by atoms with van der Waals surface area (Å²) in [5, 5.41) is 3.98. The molecule has 0 heterocycles. The number of carbonyl (C=O) groups excluding carboxylic acids is 1. The maximum absolute atomic E-state index is 11.7. The Morgan fingerprint density at radius 1 is 1.14 bits per heavy atom. The van der Waals surface area contributed by atoms with Crippen molar-refractivity contribution in [3.63, 3.8) is 0 Å². The highest BCUT2D eigenvalue weighted by molar-refractivity contribution is 8.00. The molecule has 0 aliphatic rings. The fourth-order valence-corrected chi connectivity index (χ4v) is 2.45. The molecule has 2 aromatic rings. The minimum atomic E-state index is -0.116. The third-order valence-corrected chi connectivity index (χ3v) is 3.94. The van der Waals surface area contributed by atoms with E-state index >= 15 is 0 Å². The van der Waals surface area contributed by atoms with Crippen molar-refractivity contribution in [3.8, 4) is 0 Å². The molecule has 4 nitrogen and oxygen atoms in total. The van der Waals surface area contributed by atoms with E-state index in [1.807, 2.05) is 73.6 Å². The Morgan fingerprint density at radius 2 is 1.82 bits per heavy atom. The van der Waals surface area contributed by atoms with Crippen LogP contribution in [0, 0.1) is 0 Å². The zero-order valence-electron chi connectivity index (χ0n) is 12.7. The molecule has 5 heteroatoms. The van der Waals surface area contributed by atoms with Gasteiger partial charge in [-0.1, -0.05) is 30.3 Å². The van der Waals surface area contributed by atoms with Gasteiger partial charge in [-0.15, -0.1) is 11.8 Å². The summed E-state index contributed by atoms with van der Waals surface area (Å²) < 4.78 is 0. The van der Waals surface area contributed by atoms with Crippen LogP contribution >= 0.6 is 11.8 Å². The normalized spacial score (nSPS) is 10.6. The fraction of sp³-hybridized carbons (Fsp3) is 0.176. The summed E-state index contributed by atoms with van der Waals surface area (Å²) in [4.78, 5) is 14.8. The number of thioether (sulfide) groups is 1. The third-order valence-electron chi connectivity index (χ3n) is 2.93. The van der Waals surface area contributed by atoms with Crippen LogP contribution in [-0.2, 0) is 4.79 Å². The van der Waals surface area contributed by atoms with Gasteiger partial charge in [0.05, 0.1) is 12.0 Å². The van der Waals surface area contributed by atoms with Crippen LogP contribution in [0.25, 0.3) is 0 Å². The predicted molar refractivity (Wildman–Crippen MR) is 93.7 cm³/mol. The second-order valence-electron chi connectivity index (χ2n) is 4.88. The molecule has 0 saturated carbocycles. The molecular formula is C17H19N3OS. The van der Waals surface area contributed by atoms with E-state index in [1.54, 1.807) is 6.21 Å². The van der Waals surface area contributed by atoms with E-state index in [9.17, 15) is 4.79 Å². The first-order valence-corrected chi connectivity index (χ1v) is 7.91. The number of hydrogen-bond acceptors (Lipinski definition) is 4. The lowest BCUT2D eigenvalue weighted by atomic mass is 10.2. The molecule has 0 aliphatic heterocycles. The summed E-state index contributed by atoms with van der Waals surface area (Å²) in [6.07, 6.45) is 1.64. The van der Waals surface area contributed by atoms with Gasteiger partial charge >= 0.3 is 0 Å². The Kier molecular flexibility index (Phi) is 6.03. The molecule has 0 unspecified atom stereocenters. The minimum Gasteiger partial charge on any atom is -0.378 e. The summed E-state index contributed by atoms with van der Waals surface area (Å²) in [5.41, 5.74) is 4.61. The summed E-state index contributed by atoms with van der Waals surface area (Å²) >= 11 is 1.49. The van der Waals surface area contributed by atoms with Gasteiger partial charge in [0.2, 0.25) is 5.91 Å². The molecule has 0 saturated heterocycles. The number of amides is 1. The van der Waals surface area contributed by atoms with Crippen molar-refractivity contribution in [1.29, 1.82) is 0 Å². The second kappa shape index (κ2) is 8.24. The molecule has 0 spiro atoms. The smallest absolute Gasteiger partial charge is 0.250 e. The van der Waals surface area contributed by atoms with Crippen molar-refractivity contribution in [3.05, 3.63) is 60.2 Å². The van der Waals surface area contributed by atoms with Crippen molar-refractivity contribution in [2.75, 3.05) is 24.7 Å². The number of nitrogens with zero attached hydrogens (tertiary/aromatic N) is 2. The minimum absolute atomic E-state index is 0.116. The number of benzene rings is 2. The van der Waals surface area contributed by atoms with E-state index in [2.05, 4.69) is 10.5 Å².